The van der Waals surface area contributed by atoms with Crippen LogP contribution < -0.4 is 5.32 Å². The zero-order valence-corrected chi connectivity index (χ0v) is 13.6. The smallest absolute Gasteiger partial charge is 0.163 e. The summed E-state index contributed by atoms with van der Waals surface area (Å²) in [5.41, 5.74) is 2.90. The van der Waals surface area contributed by atoms with Crippen molar-refractivity contribution in [3.63, 3.8) is 0 Å². The highest BCUT2D eigenvalue weighted by Gasteiger charge is 2.11. The van der Waals surface area contributed by atoms with Crippen LogP contribution >= 0.6 is 0 Å². The minimum Gasteiger partial charge on any atom is -0.394 e. The van der Waals surface area contributed by atoms with Gasteiger partial charge in [0.05, 0.1) is 12.6 Å². The molecule has 2 N–H and O–H groups in total. The van der Waals surface area contributed by atoms with E-state index in [2.05, 4.69) is 32.4 Å². The third-order valence-corrected chi connectivity index (χ3v) is 3.67. The Morgan fingerprint density at radius 2 is 1.92 bits per heavy atom. The summed E-state index contributed by atoms with van der Waals surface area (Å²) in [6, 6.07) is 15.7. The van der Waals surface area contributed by atoms with Crippen LogP contribution in [0.4, 0.5) is 5.82 Å². The predicted molar refractivity (Wildman–Crippen MR) is 94.6 cm³/mol. The molecule has 0 radical (unpaired) electrons. The second kappa shape index (κ2) is 7.66. The lowest BCUT2D eigenvalue weighted by molar-refractivity contribution is 0.273. The van der Waals surface area contributed by atoms with Crippen molar-refractivity contribution in [1.82, 2.24) is 15.0 Å². The minimum absolute atomic E-state index is 0.0279. The SMILES string of the molecule is Cc1cc(N[C@@H](CO)Cc2ccccc2)nc(-c2cccnc2)n1. The first-order valence-corrected chi connectivity index (χ1v) is 7.92. The van der Waals surface area contributed by atoms with E-state index in [0.717, 1.165) is 17.7 Å². The highest BCUT2D eigenvalue weighted by Crippen LogP contribution is 2.17. The number of nitrogens with zero attached hydrogens (tertiary/aromatic N) is 3. The Kier molecular flexibility index (Phi) is 5.13. The van der Waals surface area contributed by atoms with Crippen LogP contribution in [0.2, 0.25) is 0 Å². The van der Waals surface area contributed by atoms with Gasteiger partial charge in [-0.15, -0.1) is 0 Å². The molecule has 0 aliphatic carbocycles. The maximum absolute atomic E-state index is 9.69. The number of aliphatic hydroxyl groups excluding tert-OH is 1. The lowest BCUT2D eigenvalue weighted by Crippen LogP contribution is -2.27. The van der Waals surface area contributed by atoms with Crippen LogP contribution in [0.25, 0.3) is 11.4 Å². The van der Waals surface area contributed by atoms with Gasteiger partial charge in [-0.25, -0.2) is 9.97 Å². The Balaban J connectivity index is 1.80. The lowest BCUT2D eigenvalue weighted by atomic mass is 10.1. The van der Waals surface area contributed by atoms with E-state index in [4.69, 9.17) is 0 Å². The fourth-order valence-corrected chi connectivity index (χ4v) is 2.54. The Hall–Kier alpha value is -2.79. The Bertz CT molecular complexity index is 778. The van der Waals surface area contributed by atoms with Gasteiger partial charge >= 0.3 is 0 Å². The van der Waals surface area contributed by atoms with Gasteiger partial charge in [0.15, 0.2) is 5.82 Å². The molecule has 0 aliphatic rings. The average molecular weight is 320 g/mol. The van der Waals surface area contributed by atoms with Crippen molar-refractivity contribution >= 4 is 5.82 Å². The summed E-state index contributed by atoms with van der Waals surface area (Å²) in [6.45, 7) is 1.96. The molecule has 24 heavy (non-hydrogen) atoms. The fraction of sp³-hybridized carbons (Fsp3) is 0.211. The molecule has 3 aromatic rings. The number of rotatable bonds is 6. The molecule has 5 nitrogen and oxygen atoms in total. The third-order valence-electron chi connectivity index (χ3n) is 3.67. The molecule has 0 fully saturated rings. The summed E-state index contributed by atoms with van der Waals surface area (Å²) in [5, 5.41) is 13.0. The van der Waals surface area contributed by atoms with Crippen molar-refractivity contribution < 1.29 is 5.11 Å². The third kappa shape index (κ3) is 4.14. The standard InChI is InChI=1S/C19H20N4O/c1-14-10-18(23-19(21-14)16-8-5-9-20-12-16)22-17(13-24)11-15-6-3-2-4-7-15/h2-10,12,17,24H,11,13H2,1H3,(H,21,22,23)/t17-/m1/s1. The Morgan fingerprint density at radius 3 is 2.62 bits per heavy atom. The molecule has 2 aromatic heterocycles. The number of aliphatic hydroxyl groups is 1. The van der Waals surface area contributed by atoms with Gasteiger partial charge in [0.25, 0.3) is 0 Å². The molecule has 122 valence electrons. The quantitative estimate of drug-likeness (QED) is 0.731. The molecule has 5 heteroatoms. The molecule has 0 aliphatic heterocycles. The highest BCUT2D eigenvalue weighted by molar-refractivity contribution is 5.56. The van der Waals surface area contributed by atoms with Crippen molar-refractivity contribution in [2.75, 3.05) is 11.9 Å². The number of hydrogen-bond donors (Lipinski definition) is 2. The van der Waals surface area contributed by atoms with E-state index in [1.165, 1.54) is 5.56 Å². The van der Waals surface area contributed by atoms with E-state index in [1.807, 2.05) is 43.3 Å². The van der Waals surface area contributed by atoms with Crippen LogP contribution in [-0.2, 0) is 6.42 Å². The fourth-order valence-electron chi connectivity index (χ4n) is 2.54. The maximum Gasteiger partial charge on any atom is 0.163 e. The lowest BCUT2D eigenvalue weighted by Gasteiger charge is -2.18. The van der Waals surface area contributed by atoms with E-state index in [-0.39, 0.29) is 12.6 Å². The second-order valence-electron chi connectivity index (χ2n) is 5.67. The van der Waals surface area contributed by atoms with E-state index < -0.39 is 0 Å². The molecule has 3 rings (SSSR count). The first-order chi connectivity index (χ1) is 11.7. The van der Waals surface area contributed by atoms with Crippen molar-refractivity contribution in [2.24, 2.45) is 0 Å². The first-order valence-electron chi connectivity index (χ1n) is 7.92. The number of aromatic nitrogens is 3. The van der Waals surface area contributed by atoms with Crippen molar-refractivity contribution in [3.8, 4) is 11.4 Å². The second-order valence-corrected chi connectivity index (χ2v) is 5.67. The molecule has 0 amide bonds. The highest BCUT2D eigenvalue weighted by atomic mass is 16.3. The average Bonchev–Trinajstić information content (AvgIpc) is 2.62. The molecule has 0 spiro atoms. The van der Waals surface area contributed by atoms with Crippen LogP contribution in [0.1, 0.15) is 11.3 Å². The molecular weight excluding hydrogens is 300 g/mol. The summed E-state index contributed by atoms with van der Waals surface area (Å²) < 4.78 is 0. The van der Waals surface area contributed by atoms with Gasteiger partial charge in [-0.1, -0.05) is 30.3 Å². The predicted octanol–water partition coefficient (Wildman–Crippen LogP) is 2.86. The molecule has 2 heterocycles. The maximum atomic E-state index is 9.69. The number of benzene rings is 1. The van der Waals surface area contributed by atoms with Crippen LogP contribution in [0.3, 0.4) is 0 Å². The molecule has 0 bridgehead atoms. The van der Waals surface area contributed by atoms with Crippen LogP contribution in [0.5, 0.6) is 0 Å². The van der Waals surface area contributed by atoms with Gasteiger partial charge in [0, 0.05) is 29.7 Å². The van der Waals surface area contributed by atoms with E-state index in [1.54, 1.807) is 12.4 Å². The van der Waals surface area contributed by atoms with Gasteiger partial charge in [-0.3, -0.25) is 4.98 Å². The van der Waals surface area contributed by atoms with Crippen LogP contribution in [-0.4, -0.2) is 32.7 Å². The van der Waals surface area contributed by atoms with Crippen molar-refractivity contribution in [1.29, 1.82) is 0 Å². The number of nitrogens with one attached hydrogen (secondary N) is 1. The molecular formula is C19H20N4O. The number of hydrogen-bond acceptors (Lipinski definition) is 5. The topological polar surface area (TPSA) is 70.9 Å². The zero-order chi connectivity index (χ0) is 16.8. The normalized spacial score (nSPS) is 11.9. The van der Waals surface area contributed by atoms with Crippen LogP contribution in [0.15, 0.2) is 60.9 Å². The molecule has 0 unspecified atom stereocenters. The van der Waals surface area contributed by atoms with Crippen molar-refractivity contribution in [3.05, 3.63) is 72.2 Å². The summed E-state index contributed by atoms with van der Waals surface area (Å²) in [5.74, 6) is 1.33. The monoisotopic (exact) mass is 320 g/mol. The molecule has 1 atom stereocenters. The van der Waals surface area contributed by atoms with Gasteiger partial charge < -0.3 is 10.4 Å². The van der Waals surface area contributed by atoms with Crippen LogP contribution in [0, 0.1) is 6.92 Å². The van der Waals surface area contributed by atoms with E-state index in [9.17, 15) is 5.11 Å². The first kappa shape index (κ1) is 16.1. The largest absolute Gasteiger partial charge is 0.394 e. The Morgan fingerprint density at radius 1 is 1.08 bits per heavy atom. The minimum atomic E-state index is -0.108. The summed E-state index contributed by atoms with van der Waals surface area (Å²) in [7, 11) is 0. The van der Waals surface area contributed by atoms with Gasteiger partial charge in [-0.2, -0.15) is 0 Å². The zero-order valence-electron chi connectivity index (χ0n) is 13.6. The molecule has 0 saturated heterocycles. The number of aryl methyl sites for hydroxylation is 1. The van der Waals surface area contributed by atoms with Gasteiger partial charge in [0.1, 0.15) is 5.82 Å². The summed E-state index contributed by atoms with van der Waals surface area (Å²) >= 11 is 0. The number of pyridine rings is 1. The summed E-state index contributed by atoms with van der Waals surface area (Å²) in [6.07, 6.45) is 4.19. The molecule has 1 aromatic carbocycles. The number of anilines is 1. The Labute approximate surface area is 141 Å². The van der Waals surface area contributed by atoms with E-state index in [0.29, 0.717) is 11.6 Å². The van der Waals surface area contributed by atoms with Crippen molar-refractivity contribution in [2.45, 2.75) is 19.4 Å². The van der Waals surface area contributed by atoms with Gasteiger partial charge in [-0.05, 0) is 31.0 Å². The summed E-state index contributed by atoms with van der Waals surface area (Å²) in [4.78, 5) is 13.1. The van der Waals surface area contributed by atoms with Gasteiger partial charge in [0.2, 0.25) is 0 Å². The van der Waals surface area contributed by atoms with E-state index >= 15 is 0 Å². The molecule has 0 saturated carbocycles.